The summed E-state index contributed by atoms with van der Waals surface area (Å²) in [7, 11) is 1.70. The van der Waals surface area contributed by atoms with Gasteiger partial charge in [0.2, 0.25) is 0 Å². The number of ether oxygens (including phenoxy) is 1. The molecule has 0 aliphatic carbocycles. The molecule has 0 bridgehead atoms. The topological polar surface area (TPSA) is 21.3 Å². The van der Waals surface area contributed by atoms with E-state index in [0.29, 0.717) is 16.0 Å². The van der Waals surface area contributed by atoms with E-state index in [1.807, 2.05) is 18.2 Å². The first-order chi connectivity index (χ1) is 9.04. The summed E-state index contributed by atoms with van der Waals surface area (Å²) in [4.78, 5) is 0. The van der Waals surface area contributed by atoms with Crippen molar-refractivity contribution < 1.29 is 4.74 Å². The van der Waals surface area contributed by atoms with Crippen LogP contribution in [-0.4, -0.2) is 26.8 Å². The van der Waals surface area contributed by atoms with Gasteiger partial charge in [-0.1, -0.05) is 54.8 Å². The first-order valence-electron chi connectivity index (χ1n) is 6.39. The minimum atomic E-state index is 0.476. The molecule has 1 aromatic carbocycles. The van der Waals surface area contributed by atoms with Crippen LogP contribution in [0.25, 0.3) is 6.08 Å². The van der Waals surface area contributed by atoms with E-state index >= 15 is 0 Å². The smallest absolute Gasteiger partial charge is 0.0598 e. The van der Waals surface area contributed by atoms with Crippen molar-refractivity contribution in [2.75, 3.05) is 26.8 Å². The molecule has 106 valence electrons. The number of hydrogen-bond donors (Lipinski definition) is 1. The third kappa shape index (κ3) is 5.96. The van der Waals surface area contributed by atoms with Crippen molar-refractivity contribution in [3.63, 3.8) is 0 Å². The lowest BCUT2D eigenvalue weighted by Crippen LogP contribution is -2.23. The van der Waals surface area contributed by atoms with Gasteiger partial charge in [0.05, 0.1) is 16.7 Å². The third-order valence-electron chi connectivity index (χ3n) is 2.85. The number of benzene rings is 1. The Labute approximate surface area is 125 Å². The van der Waals surface area contributed by atoms with Gasteiger partial charge in [0, 0.05) is 20.2 Å². The number of rotatable bonds is 7. The SMILES string of the molecule is COCCNCC(=Cc1ccc(Cl)c(Cl)c1)C(C)C. The van der Waals surface area contributed by atoms with Gasteiger partial charge in [-0.2, -0.15) is 0 Å². The second kappa shape index (κ2) is 8.60. The Balaban J connectivity index is 2.73. The molecule has 0 heterocycles. The van der Waals surface area contributed by atoms with E-state index in [9.17, 15) is 0 Å². The van der Waals surface area contributed by atoms with Gasteiger partial charge < -0.3 is 10.1 Å². The Morgan fingerprint density at radius 3 is 2.63 bits per heavy atom. The summed E-state index contributed by atoms with van der Waals surface area (Å²) in [6.07, 6.45) is 2.16. The lowest BCUT2D eigenvalue weighted by molar-refractivity contribution is 0.200. The normalized spacial score (nSPS) is 12.2. The van der Waals surface area contributed by atoms with E-state index in [-0.39, 0.29) is 0 Å². The summed E-state index contributed by atoms with van der Waals surface area (Å²) in [5, 5.41) is 4.54. The van der Waals surface area contributed by atoms with Crippen molar-refractivity contribution in [3.05, 3.63) is 39.4 Å². The Morgan fingerprint density at radius 2 is 2.05 bits per heavy atom. The van der Waals surface area contributed by atoms with Crippen molar-refractivity contribution in [2.45, 2.75) is 13.8 Å². The van der Waals surface area contributed by atoms with E-state index in [1.165, 1.54) is 5.57 Å². The lowest BCUT2D eigenvalue weighted by atomic mass is 10.0. The zero-order chi connectivity index (χ0) is 14.3. The van der Waals surface area contributed by atoms with E-state index in [1.54, 1.807) is 7.11 Å². The van der Waals surface area contributed by atoms with Gasteiger partial charge in [-0.25, -0.2) is 0 Å². The highest BCUT2D eigenvalue weighted by molar-refractivity contribution is 6.42. The van der Waals surface area contributed by atoms with Crippen molar-refractivity contribution in [3.8, 4) is 0 Å². The maximum absolute atomic E-state index is 6.03. The molecular formula is C15H21Cl2NO. The van der Waals surface area contributed by atoms with Crippen LogP contribution < -0.4 is 5.32 Å². The van der Waals surface area contributed by atoms with Crippen LogP contribution in [0.15, 0.2) is 23.8 Å². The van der Waals surface area contributed by atoms with Gasteiger partial charge >= 0.3 is 0 Å². The van der Waals surface area contributed by atoms with Gasteiger partial charge in [-0.05, 0) is 23.6 Å². The molecular weight excluding hydrogens is 281 g/mol. The van der Waals surface area contributed by atoms with Crippen LogP contribution in [0.5, 0.6) is 0 Å². The quantitative estimate of drug-likeness (QED) is 0.760. The van der Waals surface area contributed by atoms with E-state index in [0.717, 1.165) is 25.3 Å². The highest BCUT2D eigenvalue weighted by Gasteiger charge is 2.04. The summed E-state index contributed by atoms with van der Waals surface area (Å²) >= 11 is 11.9. The predicted molar refractivity (Wildman–Crippen MR) is 84.0 cm³/mol. The second-order valence-corrected chi connectivity index (χ2v) is 5.53. The predicted octanol–water partition coefficient (Wildman–Crippen LogP) is 4.27. The van der Waals surface area contributed by atoms with Crippen molar-refractivity contribution in [2.24, 2.45) is 5.92 Å². The van der Waals surface area contributed by atoms with Gasteiger partial charge in [0.15, 0.2) is 0 Å². The molecule has 0 atom stereocenters. The zero-order valence-electron chi connectivity index (χ0n) is 11.7. The molecule has 0 spiro atoms. The minimum absolute atomic E-state index is 0.476. The number of hydrogen-bond acceptors (Lipinski definition) is 2. The first kappa shape index (κ1) is 16.5. The van der Waals surface area contributed by atoms with E-state index < -0.39 is 0 Å². The summed E-state index contributed by atoms with van der Waals surface area (Å²) in [5.41, 5.74) is 2.40. The Bertz CT molecular complexity index is 430. The molecule has 0 saturated heterocycles. The summed E-state index contributed by atoms with van der Waals surface area (Å²) in [5.74, 6) is 0.476. The molecule has 0 amide bonds. The van der Waals surface area contributed by atoms with Crippen LogP contribution >= 0.6 is 23.2 Å². The molecule has 0 unspecified atom stereocenters. The van der Waals surface area contributed by atoms with E-state index in [2.05, 4.69) is 25.2 Å². The monoisotopic (exact) mass is 301 g/mol. The highest BCUT2D eigenvalue weighted by atomic mass is 35.5. The van der Waals surface area contributed by atoms with Crippen molar-refractivity contribution in [1.82, 2.24) is 5.32 Å². The standard InChI is InChI=1S/C15H21Cl2NO/c1-11(2)13(10-18-6-7-19-3)8-12-4-5-14(16)15(17)9-12/h4-5,8-9,11,18H,6-7,10H2,1-3H3. The molecule has 0 aromatic heterocycles. The van der Waals surface area contributed by atoms with Gasteiger partial charge in [-0.3, -0.25) is 0 Å². The number of halogens is 2. The molecule has 4 heteroatoms. The number of nitrogens with one attached hydrogen (secondary N) is 1. The van der Waals surface area contributed by atoms with Gasteiger partial charge in [0.25, 0.3) is 0 Å². The largest absolute Gasteiger partial charge is 0.383 e. The molecule has 19 heavy (non-hydrogen) atoms. The second-order valence-electron chi connectivity index (χ2n) is 4.72. The van der Waals surface area contributed by atoms with Crippen molar-refractivity contribution >= 4 is 29.3 Å². The fourth-order valence-electron chi connectivity index (χ4n) is 1.65. The molecule has 0 aliphatic rings. The van der Waals surface area contributed by atoms with E-state index in [4.69, 9.17) is 27.9 Å². The fourth-order valence-corrected chi connectivity index (χ4v) is 1.95. The molecule has 0 radical (unpaired) electrons. The van der Waals surface area contributed by atoms with Crippen LogP contribution in [0.1, 0.15) is 19.4 Å². The van der Waals surface area contributed by atoms with Crippen LogP contribution in [0.3, 0.4) is 0 Å². The first-order valence-corrected chi connectivity index (χ1v) is 7.15. The summed E-state index contributed by atoms with van der Waals surface area (Å²) in [6.45, 7) is 6.78. The van der Waals surface area contributed by atoms with Crippen LogP contribution in [0, 0.1) is 5.92 Å². The highest BCUT2D eigenvalue weighted by Crippen LogP contribution is 2.24. The molecule has 2 nitrogen and oxygen atoms in total. The van der Waals surface area contributed by atoms with Crippen LogP contribution in [-0.2, 0) is 4.74 Å². The molecule has 0 fully saturated rings. The molecule has 1 N–H and O–H groups in total. The summed E-state index contributed by atoms with van der Waals surface area (Å²) < 4.78 is 5.02. The Hall–Kier alpha value is -0.540. The summed E-state index contributed by atoms with van der Waals surface area (Å²) in [6, 6.07) is 5.69. The Kier molecular flexibility index (Phi) is 7.47. The maximum Gasteiger partial charge on any atom is 0.0598 e. The maximum atomic E-state index is 6.03. The molecule has 0 saturated carbocycles. The van der Waals surface area contributed by atoms with Crippen molar-refractivity contribution in [1.29, 1.82) is 0 Å². The molecule has 1 rings (SSSR count). The van der Waals surface area contributed by atoms with Crippen LogP contribution in [0.2, 0.25) is 10.0 Å². The average Bonchev–Trinajstić information content (AvgIpc) is 2.37. The fraction of sp³-hybridized carbons (Fsp3) is 0.467. The minimum Gasteiger partial charge on any atom is -0.383 e. The lowest BCUT2D eigenvalue weighted by Gasteiger charge is -2.13. The molecule has 0 aliphatic heterocycles. The number of methoxy groups -OCH3 is 1. The van der Waals surface area contributed by atoms with Gasteiger partial charge in [0.1, 0.15) is 0 Å². The van der Waals surface area contributed by atoms with Gasteiger partial charge in [-0.15, -0.1) is 0 Å². The molecule has 1 aromatic rings. The Morgan fingerprint density at radius 1 is 1.32 bits per heavy atom. The zero-order valence-corrected chi connectivity index (χ0v) is 13.2. The third-order valence-corrected chi connectivity index (χ3v) is 3.59. The van der Waals surface area contributed by atoms with Crippen LogP contribution in [0.4, 0.5) is 0 Å². The average molecular weight is 302 g/mol.